The van der Waals surface area contributed by atoms with Gasteiger partial charge in [0.1, 0.15) is 5.84 Å². The maximum absolute atomic E-state index is 6.21. The summed E-state index contributed by atoms with van der Waals surface area (Å²) in [7, 11) is 2.15. The number of likely N-dealkylation sites (tertiary alicyclic amines) is 1. The van der Waals surface area contributed by atoms with Crippen molar-refractivity contribution in [3.63, 3.8) is 0 Å². The molecule has 1 spiro atoms. The molecule has 1 aromatic carbocycles. The molecule has 0 radical (unpaired) electrons. The zero-order chi connectivity index (χ0) is 17.4. The number of benzene rings is 1. The summed E-state index contributed by atoms with van der Waals surface area (Å²) in [6.45, 7) is 2.57. The molecular formula is C17H20Cl2N6. The molecule has 132 valence electrons. The number of rotatable bonds is 2. The van der Waals surface area contributed by atoms with E-state index in [1.807, 2.05) is 12.1 Å². The van der Waals surface area contributed by atoms with E-state index in [2.05, 4.69) is 32.5 Å². The highest BCUT2D eigenvalue weighted by Crippen LogP contribution is 2.40. The van der Waals surface area contributed by atoms with Gasteiger partial charge in [0.15, 0.2) is 0 Å². The fourth-order valence-electron chi connectivity index (χ4n) is 3.41. The fraction of sp³-hybridized carbons (Fsp3) is 0.412. The Morgan fingerprint density at radius 2 is 1.92 bits per heavy atom. The van der Waals surface area contributed by atoms with E-state index in [1.165, 1.54) is 0 Å². The number of nitrogens with zero attached hydrogens (tertiary/aromatic N) is 3. The summed E-state index contributed by atoms with van der Waals surface area (Å²) in [6, 6.07) is 3.73. The van der Waals surface area contributed by atoms with Crippen molar-refractivity contribution in [3.05, 3.63) is 40.4 Å². The minimum absolute atomic E-state index is 0.212. The van der Waals surface area contributed by atoms with E-state index in [4.69, 9.17) is 28.2 Å². The van der Waals surface area contributed by atoms with Crippen molar-refractivity contribution in [3.8, 4) is 0 Å². The quantitative estimate of drug-likeness (QED) is 0.746. The predicted molar refractivity (Wildman–Crippen MR) is 103 cm³/mol. The fourth-order valence-corrected chi connectivity index (χ4v) is 3.73. The minimum atomic E-state index is -0.212. The number of hydrogen-bond acceptors (Lipinski definition) is 4. The van der Waals surface area contributed by atoms with E-state index in [0.717, 1.165) is 48.8 Å². The highest BCUT2D eigenvalue weighted by atomic mass is 35.5. The van der Waals surface area contributed by atoms with Crippen LogP contribution in [0.5, 0.6) is 0 Å². The molecule has 0 unspecified atom stereocenters. The average molecular weight is 379 g/mol. The lowest BCUT2D eigenvalue weighted by Crippen LogP contribution is -2.58. The van der Waals surface area contributed by atoms with E-state index < -0.39 is 0 Å². The number of aromatic amines is 1. The van der Waals surface area contributed by atoms with Crippen molar-refractivity contribution in [2.75, 3.05) is 30.8 Å². The molecule has 2 aromatic rings. The lowest BCUT2D eigenvalue weighted by molar-refractivity contribution is 0.240. The number of halogens is 2. The Morgan fingerprint density at radius 1 is 1.20 bits per heavy atom. The summed E-state index contributed by atoms with van der Waals surface area (Å²) in [5.74, 6) is 0.945. The largest absolute Gasteiger partial charge is 0.371 e. The van der Waals surface area contributed by atoms with Gasteiger partial charge in [-0.1, -0.05) is 23.2 Å². The first-order valence-corrected chi connectivity index (χ1v) is 9.06. The number of imidazole rings is 1. The smallest absolute Gasteiger partial charge is 0.127 e. The van der Waals surface area contributed by atoms with E-state index in [0.29, 0.717) is 16.6 Å². The molecule has 6 nitrogen and oxygen atoms in total. The van der Waals surface area contributed by atoms with Crippen molar-refractivity contribution < 1.29 is 0 Å². The molecule has 25 heavy (non-hydrogen) atoms. The molecule has 8 heteroatoms. The van der Waals surface area contributed by atoms with E-state index in [-0.39, 0.29) is 5.54 Å². The van der Waals surface area contributed by atoms with Crippen LogP contribution in [-0.4, -0.2) is 46.4 Å². The molecule has 0 saturated carbocycles. The Balaban J connectivity index is 1.70. The first-order valence-electron chi connectivity index (χ1n) is 8.31. The second-order valence-corrected chi connectivity index (χ2v) is 7.50. The van der Waals surface area contributed by atoms with Gasteiger partial charge in [0.05, 0.1) is 45.5 Å². The molecule has 1 fully saturated rings. The number of aromatic nitrogens is 2. The van der Waals surface area contributed by atoms with Gasteiger partial charge in [0, 0.05) is 19.3 Å². The first kappa shape index (κ1) is 16.7. The Bertz CT molecular complexity index is 794. The van der Waals surface area contributed by atoms with Crippen LogP contribution >= 0.6 is 23.2 Å². The van der Waals surface area contributed by atoms with Crippen LogP contribution in [0.4, 0.5) is 11.4 Å². The molecule has 2 aliphatic heterocycles. The summed E-state index contributed by atoms with van der Waals surface area (Å²) in [6.07, 6.45) is 5.41. The van der Waals surface area contributed by atoms with Crippen LogP contribution < -0.4 is 10.6 Å². The van der Waals surface area contributed by atoms with E-state index in [1.54, 1.807) is 12.5 Å². The highest BCUT2D eigenvalue weighted by molar-refractivity contribution is 6.42. The van der Waals surface area contributed by atoms with Gasteiger partial charge in [-0.15, -0.1) is 0 Å². The third kappa shape index (κ3) is 3.21. The number of amidine groups is 1. The Labute approximate surface area is 156 Å². The van der Waals surface area contributed by atoms with E-state index in [9.17, 15) is 0 Å². The molecule has 0 aliphatic carbocycles. The van der Waals surface area contributed by atoms with Crippen LogP contribution in [0.1, 0.15) is 18.5 Å². The molecular weight excluding hydrogens is 359 g/mol. The SMILES string of the molecule is CN1CCC2(CC1)Nc1cc(Cl)c(Cl)cc1NC2=NCc1cnc[nH]1. The molecule has 3 heterocycles. The number of fused-ring (bicyclic) bond motifs is 1. The second-order valence-electron chi connectivity index (χ2n) is 6.69. The average Bonchev–Trinajstić information content (AvgIpc) is 3.11. The molecule has 3 N–H and O–H groups in total. The summed E-state index contributed by atoms with van der Waals surface area (Å²) in [5, 5.41) is 8.27. The van der Waals surface area contributed by atoms with Crippen molar-refractivity contribution in [2.24, 2.45) is 4.99 Å². The van der Waals surface area contributed by atoms with Gasteiger partial charge in [0.25, 0.3) is 0 Å². The van der Waals surface area contributed by atoms with Gasteiger partial charge >= 0.3 is 0 Å². The molecule has 0 amide bonds. The zero-order valence-electron chi connectivity index (χ0n) is 13.9. The standard InChI is InChI=1S/C17H20Cl2N6/c1-25-4-2-17(3-5-25)16(21-9-11-8-20-10-22-11)23-14-6-12(18)13(19)7-15(14)24-17/h6-8,10,24H,2-5,9H2,1H3,(H,20,22)(H,21,23). The molecule has 0 bridgehead atoms. The number of piperidine rings is 1. The number of H-pyrrole nitrogens is 1. The Morgan fingerprint density at radius 3 is 2.60 bits per heavy atom. The third-order valence-electron chi connectivity index (χ3n) is 4.94. The van der Waals surface area contributed by atoms with Gasteiger partial charge in [-0.25, -0.2) is 4.98 Å². The Kier molecular flexibility index (Phi) is 4.35. The number of nitrogens with one attached hydrogen (secondary N) is 3. The van der Waals surface area contributed by atoms with Crippen LogP contribution in [0, 0.1) is 0 Å². The summed E-state index contributed by atoms with van der Waals surface area (Å²) in [4.78, 5) is 14.3. The second kappa shape index (κ2) is 6.52. The van der Waals surface area contributed by atoms with Crippen LogP contribution in [-0.2, 0) is 6.54 Å². The molecule has 1 saturated heterocycles. The highest BCUT2D eigenvalue weighted by Gasteiger charge is 2.42. The molecule has 1 aromatic heterocycles. The molecule has 4 rings (SSSR count). The maximum Gasteiger partial charge on any atom is 0.127 e. The summed E-state index contributed by atoms with van der Waals surface area (Å²) >= 11 is 12.4. The maximum atomic E-state index is 6.21. The lowest BCUT2D eigenvalue weighted by Gasteiger charge is -2.46. The van der Waals surface area contributed by atoms with Crippen molar-refractivity contribution in [1.29, 1.82) is 0 Å². The van der Waals surface area contributed by atoms with Crippen LogP contribution in [0.3, 0.4) is 0 Å². The predicted octanol–water partition coefficient (Wildman–Crippen LogP) is 3.62. The van der Waals surface area contributed by atoms with Crippen molar-refractivity contribution in [1.82, 2.24) is 14.9 Å². The Hall–Kier alpha value is -1.76. The minimum Gasteiger partial charge on any atom is -0.371 e. The number of hydrogen-bond donors (Lipinski definition) is 3. The third-order valence-corrected chi connectivity index (χ3v) is 5.67. The first-order chi connectivity index (χ1) is 12.1. The van der Waals surface area contributed by atoms with Crippen LogP contribution in [0.25, 0.3) is 0 Å². The number of anilines is 2. The monoisotopic (exact) mass is 378 g/mol. The zero-order valence-corrected chi connectivity index (χ0v) is 15.5. The van der Waals surface area contributed by atoms with Gasteiger partial charge in [-0.2, -0.15) is 0 Å². The van der Waals surface area contributed by atoms with E-state index >= 15 is 0 Å². The normalized spacial score (nSPS) is 21.0. The summed E-state index contributed by atoms with van der Waals surface area (Å²) < 4.78 is 0. The number of aliphatic imine (C=N–C) groups is 1. The molecule has 2 aliphatic rings. The lowest BCUT2D eigenvalue weighted by atomic mass is 9.84. The van der Waals surface area contributed by atoms with Crippen molar-refractivity contribution in [2.45, 2.75) is 24.9 Å². The van der Waals surface area contributed by atoms with Gasteiger partial charge in [0.2, 0.25) is 0 Å². The topological polar surface area (TPSA) is 68.3 Å². The van der Waals surface area contributed by atoms with Crippen LogP contribution in [0.2, 0.25) is 10.0 Å². The van der Waals surface area contributed by atoms with Gasteiger partial charge in [-0.3, -0.25) is 4.99 Å². The van der Waals surface area contributed by atoms with Crippen molar-refractivity contribution >= 4 is 40.4 Å². The molecule has 0 atom stereocenters. The van der Waals surface area contributed by atoms with Gasteiger partial charge < -0.3 is 20.5 Å². The van der Waals surface area contributed by atoms with Crippen LogP contribution in [0.15, 0.2) is 29.6 Å². The summed E-state index contributed by atoms with van der Waals surface area (Å²) in [5.41, 5.74) is 2.65. The van der Waals surface area contributed by atoms with Gasteiger partial charge in [-0.05, 0) is 32.0 Å².